The third-order valence-electron chi connectivity index (χ3n) is 3.87. The summed E-state index contributed by atoms with van der Waals surface area (Å²) in [6.07, 6.45) is 21.5. The molecule has 0 saturated carbocycles. The second kappa shape index (κ2) is 13.1. The molecule has 0 atom stereocenters. The maximum Gasteiger partial charge on any atom is 0.128 e. The summed E-state index contributed by atoms with van der Waals surface area (Å²) in [6, 6.07) is 1.88. The number of hydrogen-bond donors (Lipinski definition) is 0. The van der Waals surface area contributed by atoms with Crippen LogP contribution >= 0.6 is 0 Å². The molecule has 0 bridgehead atoms. The lowest BCUT2D eigenvalue weighted by Crippen LogP contribution is -1.93. The molecule has 0 amide bonds. The van der Waals surface area contributed by atoms with Gasteiger partial charge in [-0.2, -0.15) is 0 Å². The normalized spacial score (nSPS) is 10.8. The van der Waals surface area contributed by atoms with Crippen LogP contribution in [0.4, 0.5) is 0 Å². The van der Waals surface area contributed by atoms with Crippen molar-refractivity contribution in [2.75, 3.05) is 0 Å². The van der Waals surface area contributed by atoms with Gasteiger partial charge in [0.25, 0.3) is 0 Å². The molecule has 1 heterocycles. The zero-order chi connectivity index (χ0) is 14.3. The molecule has 0 fully saturated rings. The molecule has 0 aliphatic rings. The molecule has 0 aromatic carbocycles. The van der Waals surface area contributed by atoms with E-state index in [9.17, 15) is 0 Å². The molecule has 20 heavy (non-hydrogen) atoms. The Kier molecular flexibility index (Phi) is 11.2. The summed E-state index contributed by atoms with van der Waals surface area (Å²) >= 11 is 0. The van der Waals surface area contributed by atoms with Crippen LogP contribution in [0.2, 0.25) is 0 Å². The molecule has 0 aliphatic carbocycles. The highest BCUT2D eigenvalue weighted by Gasteiger charge is 1.96. The first-order valence-electron chi connectivity index (χ1n) is 8.69. The summed E-state index contributed by atoms with van der Waals surface area (Å²) in [5, 5.41) is 0. The lowest BCUT2D eigenvalue weighted by Gasteiger charge is -2.02. The molecule has 114 valence electrons. The Morgan fingerprint density at radius 1 is 0.650 bits per heavy atom. The zero-order valence-corrected chi connectivity index (χ0v) is 13.3. The maximum absolute atomic E-state index is 4.26. The van der Waals surface area contributed by atoms with E-state index in [-0.39, 0.29) is 0 Å². The fourth-order valence-electron chi connectivity index (χ4n) is 2.58. The molecule has 2 nitrogen and oxygen atoms in total. The van der Waals surface area contributed by atoms with Crippen LogP contribution in [-0.4, -0.2) is 9.97 Å². The van der Waals surface area contributed by atoms with Gasteiger partial charge in [-0.15, -0.1) is 0 Å². The molecule has 0 N–H and O–H groups in total. The Morgan fingerprint density at radius 2 is 1.10 bits per heavy atom. The minimum atomic E-state index is 1.000. The molecule has 1 aromatic heterocycles. The lowest BCUT2D eigenvalue weighted by molar-refractivity contribution is 0.542. The van der Waals surface area contributed by atoms with E-state index >= 15 is 0 Å². The predicted molar refractivity (Wildman–Crippen MR) is 86.8 cm³/mol. The minimum Gasteiger partial charge on any atom is -0.241 e. The van der Waals surface area contributed by atoms with Gasteiger partial charge >= 0.3 is 0 Å². The number of aromatic nitrogens is 2. The summed E-state index contributed by atoms with van der Waals surface area (Å²) in [6.45, 7) is 2.28. The Balaban J connectivity index is 1.77. The van der Waals surface area contributed by atoms with E-state index in [0.29, 0.717) is 0 Å². The van der Waals surface area contributed by atoms with Crippen molar-refractivity contribution in [2.45, 2.75) is 90.4 Å². The SMILES string of the molecule is CCCCCCCCCCCCCCc1ncccn1. The van der Waals surface area contributed by atoms with Crippen LogP contribution in [0.1, 0.15) is 89.8 Å². The van der Waals surface area contributed by atoms with Gasteiger partial charge in [-0.1, -0.05) is 77.6 Å². The monoisotopic (exact) mass is 276 g/mol. The molecule has 0 saturated heterocycles. The molecule has 2 heteroatoms. The maximum atomic E-state index is 4.26. The zero-order valence-electron chi connectivity index (χ0n) is 13.3. The molecule has 0 aliphatic heterocycles. The number of rotatable bonds is 13. The molecule has 1 aromatic rings. The highest BCUT2D eigenvalue weighted by atomic mass is 14.8. The summed E-state index contributed by atoms with van der Waals surface area (Å²) in [5.41, 5.74) is 0. The van der Waals surface area contributed by atoms with Gasteiger partial charge in [-0.3, -0.25) is 0 Å². The van der Waals surface area contributed by atoms with Gasteiger partial charge in [0.1, 0.15) is 5.82 Å². The van der Waals surface area contributed by atoms with Crippen molar-refractivity contribution in [3.8, 4) is 0 Å². The summed E-state index contributed by atoms with van der Waals surface area (Å²) in [7, 11) is 0. The van der Waals surface area contributed by atoms with Crippen LogP contribution in [0.5, 0.6) is 0 Å². The van der Waals surface area contributed by atoms with E-state index < -0.39 is 0 Å². The highest BCUT2D eigenvalue weighted by molar-refractivity contribution is 4.88. The number of unbranched alkanes of at least 4 members (excludes halogenated alkanes) is 11. The van der Waals surface area contributed by atoms with Gasteiger partial charge in [0.05, 0.1) is 0 Å². The van der Waals surface area contributed by atoms with Gasteiger partial charge in [-0.25, -0.2) is 9.97 Å². The van der Waals surface area contributed by atoms with Gasteiger partial charge in [-0.05, 0) is 12.5 Å². The van der Waals surface area contributed by atoms with E-state index in [4.69, 9.17) is 0 Å². The average molecular weight is 276 g/mol. The summed E-state index contributed by atoms with van der Waals surface area (Å²) < 4.78 is 0. The Hall–Kier alpha value is -0.920. The molecule has 0 spiro atoms. The molecular formula is C18H32N2. The van der Waals surface area contributed by atoms with E-state index in [2.05, 4.69) is 16.9 Å². The number of aryl methyl sites for hydroxylation is 1. The smallest absolute Gasteiger partial charge is 0.128 e. The Bertz CT molecular complexity index is 298. The van der Waals surface area contributed by atoms with Crippen molar-refractivity contribution in [3.05, 3.63) is 24.3 Å². The first-order valence-corrected chi connectivity index (χ1v) is 8.69. The van der Waals surface area contributed by atoms with Crippen molar-refractivity contribution in [2.24, 2.45) is 0 Å². The third kappa shape index (κ3) is 9.94. The standard InChI is InChI=1S/C18H32N2/c1-2-3-4-5-6-7-8-9-10-11-12-13-15-18-19-16-14-17-20-18/h14,16-17H,2-13,15H2,1H3. The molecule has 1 rings (SSSR count). The lowest BCUT2D eigenvalue weighted by atomic mass is 10.0. The van der Waals surface area contributed by atoms with Crippen molar-refractivity contribution in [1.29, 1.82) is 0 Å². The Labute approximate surface area is 125 Å². The van der Waals surface area contributed by atoms with Crippen LogP contribution in [0.15, 0.2) is 18.5 Å². The predicted octanol–water partition coefficient (Wildman–Crippen LogP) is 5.72. The Morgan fingerprint density at radius 3 is 1.60 bits per heavy atom. The van der Waals surface area contributed by atoms with Crippen LogP contribution in [0, 0.1) is 0 Å². The van der Waals surface area contributed by atoms with Crippen molar-refractivity contribution in [3.63, 3.8) is 0 Å². The third-order valence-corrected chi connectivity index (χ3v) is 3.87. The average Bonchev–Trinajstić information content (AvgIpc) is 2.49. The van der Waals surface area contributed by atoms with Crippen molar-refractivity contribution in [1.82, 2.24) is 9.97 Å². The molecule has 0 radical (unpaired) electrons. The van der Waals surface area contributed by atoms with Crippen LogP contribution < -0.4 is 0 Å². The quantitative estimate of drug-likeness (QED) is 0.431. The molecule has 0 unspecified atom stereocenters. The second-order valence-electron chi connectivity index (χ2n) is 5.80. The van der Waals surface area contributed by atoms with Crippen molar-refractivity contribution >= 4 is 0 Å². The minimum absolute atomic E-state index is 1.000. The van der Waals surface area contributed by atoms with Crippen LogP contribution in [0.3, 0.4) is 0 Å². The van der Waals surface area contributed by atoms with Crippen LogP contribution in [-0.2, 0) is 6.42 Å². The van der Waals surface area contributed by atoms with E-state index in [1.54, 1.807) is 0 Å². The van der Waals surface area contributed by atoms with Gasteiger partial charge in [0.2, 0.25) is 0 Å². The number of hydrogen-bond acceptors (Lipinski definition) is 2. The van der Waals surface area contributed by atoms with Gasteiger partial charge < -0.3 is 0 Å². The fraction of sp³-hybridized carbons (Fsp3) is 0.778. The van der Waals surface area contributed by atoms with Crippen LogP contribution in [0.25, 0.3) is 0 Å². The summed E-state index contributed by atoms with van der Waals surface area (Å²) in [4.78, 5) is 8.51. The number of nitrogens with zero attached hydrogens (tertiary/aromatic N) is 2. The van der Waals surface area contributed by atoms with Gasteiger partial charge in [0, 0.05) is 18.8 Å². The topological polar surface area (TPSA) is 25.8 Å². The van der Waals surface area contributed by atoms with Gasteiger partial charge in [0.15, 0.2) is 0 Å². The van der Waals surface area contributed by atoms with E-state index in [1.165, 1.54) is 77.0 Å². The second-order valence-corrected chi connectivity index (χ2v) is 5.80. The van der Waals surface area contributed by atoms with Crippen molar-refractivity contribution < 1.29 is 0 Å². The first-order chi connectivity index (χ1) is 9.93. The fourth-order valence-corrected chi connectivity index (χ4v) is 2.58. The summed E-state index contributed by atoms with van der Waals surface area (Å²) in [5.74, 6) is 1.000. The highest BCUT2D eigenvalue weighted by Crippen LogP contribution is 2.12. The van der Waals surface area contributed by atoms with E-state index in [0.717, 1.165) is 12.2 Å². The van der Waals surface area contributed by atoms with E-state index in [1.807, 2.05) is 18.5 Å². The first kappa shape index (κ1) is 17.1. The molecular weight excluding hydrogens is 244 g/mol. The largest absolute Gasteiger partial charge is 0.241 e.